The quantitative estimate of drug-likeness (QED) is 0.900. The summed E-state index contributed by atoms with van der Waals surface area (Å²) in [6.45, 7) is 3.53. The van der Waals surface area contributed by atoms with Gasteiger partial charge in [0, 0.05) is 23.8 Å². The van der Waals surface area contributed by atoms with E-state index in [4.69, 9.17) is 10.5 Å². The molecule has 6 heteroatoms. The number of rotatable bonds is 2. The number of anilines is 1. The minimum absolute atomic E-state index is 0.0592. The summed E-state index contributed by atoms with van der Waals surface area (Å²) >= 11 is 3.20. The number of aromatic nitrogens is 1. The van der Waals surface area contributed by atoms with Crippen LogP contribution in [0, 0.1) is 5.82 Å². The molecule has 2 rings (SSSR count). The van der Waals surface area contributed by atoms with Gasteiger partial charge in [-0.05, 0) is 28.9 Å². The highest BCUT2D eigenvalue weighted by molar-refractivity contribution is 9.10. The Balaban J connectivity index is 2.24. The fourth-order valence-electron chi connectivity index (χ4n) is 1.87. The molecule has 1 fully saturated rings. The lowest BCUT2D eigenvalue weighted by molar-refractivity contribution is 0.0277. The van der Waals surface area contributed by atoms with E-state index in [2.05, 4.69) is 20.9 Å². The maximum Gasteiger partial charge on any atom is 0.166 e. The van der Waals surface area contributed by atoms with Crippen LogP contribution >= 0.6 is 15.9 Å². The number of hydrogen-bond acceptors (Lipinski definition) is 4. The number of halogens is 2. The monoisotopic (exact) mass is 303 g/mol. The van der Waals surface area contributed by atoms with E-state index in [1.54, 1.807) is 6.20 Å². The summed E-state index contributed by atoms with van der Waals surface area (Å²) in [4.78, 5) is 6.03. The molecule has 94 valence electrons. The van der Waals surface area contributed by atoms with Crippen LogP contribution in [0.5, 0.6) is 0 Å². The van der Waals surface area contributed by atoms with Gasteiger partial charge in [0.05, 0.1) is 18.8 Å². The number of pyridine rings is 1. The lowest BCUT2D eigenvalue weighted by Gasteiger charge is -2.38. The second kappa shape index (κ2) is 5.29. The van der Waals surface area contributed by atoms with Gasteiger partial charge in [0.2, 0.25) is 0 Å². The van der Waals surface area contributed by atoms with Gasteiger partial charge >= 0.3 is 0 Å². The fourth-order valence-corrected chi connectivity index (χ4v) is 2.18. The standard InChI is InChI=1S/C11H15BrFN3O/c1-7-6-17-9(3-14)5-16(7)11-10(13)2-8(12)4-15-11/h2,4,7,9H,3,5-6,14H2,1H3. The molecule has 2 heterocycles. The molecule has 0 aromatic carbocycles. The smallest absolute Gasteiger partial charge is 0.166 e. The molecule has 2 atom stereocenters. The molecule has 0 saturated carbocycles. The van der Waals surface area contributed by atoms with Crippen molar-refractivity contribution in [3.63, 3.8) is 0 Å². The Bertz CT molecular complexity index is 404. The zero-order valence-electron chi connectivity index (χ0n) is 9.57. The second-order valence-electron chi connectivity index (χ2n) is 4.15. The van der Waals surface area contributed by atoms with Crippen molar-refractivity contribution in [1.82, 2.24) is 4.98 Å². The SMILES string of the molecule is CC1COC(CN)CN1c1ncc(Br)cc1F. The average molecular weight is 304 g/mol. The first-order chi connectivity index (χ1) is 8.11. The van der Waals surface area contributed by atoms with Crippen molar-refractivity contribution >= 4 is 21.7 Å². The van der Waals surface area contributed by atoms with Crippen LogP contribution in [0.25, 0.3) is 0 Å². The van der Waals surface area contributed by atoms with Gasteiger partial charge in [-0.1, -0.05) is 0 Å². The van der Waals surface area contributed by atoms with Crippen molar-refractivity contribution < 1.29 is 9.13 Å². The van der Waals surface area contributed by atoms with Crippen molar-refractivity contribution in [2.24, 2.45) is 5.73 Å². The van der Waals surface area contributed by atoms with Crippen molar-refractivity contribution in [2.75, 3.05) is 24.6 Å². The summed E-state index contributed by atoms with van der Waals surface area (Å²) < 4.78 is 20.0. The molecule has 0 amide bonds. The molecule has 1 aliphatic heterocycles. The van der Waals surface area contributed by atoms with E-state index in [-0.39, 0.29) is 18.0 Å². The Morgan fingerprint density at radius 1 is 1.71 bits per heavy atom. The fraction of sp³-hybridized carbons (Fsp3) is 0.545. The molecule has 0 spiro atoms. The number of ether oxygens (including phenoxy) is 1. The second-order valence-corrected chi connectivity index (χ2v) is 5.07. The highest BCUT2D eigenvalue weighted by Crippen LogP contribution is 2.24. The van der Waals surface area contributed by atoms with Gasteiger partial charge in [-0.15, -0.1) is 0 Å². The molecule has 0 radical (unpaired) electrons. The highest BCUT2D eigenvalue weighted by atomic mass is 79.9. The summed E-state index contributed by atoms with van der Waals surface area (Å²) in [5.74, 6) is 0.0337. The first-order valence-electron chi connectivity index (χ1n) is 5.51. The first kappa shape index (κ1) is 12.7. The van der Waals surface area contributed by atoms with Crippen LogP contribution < -0.4 is 10.6 Å². The van der Waals surface area contributed by atoms with Crippen LogP contribution in [0.3, 0.4) is 0 Å². The molecule has 1 saturated heterocycles. The third-order valence-electron chi connectivity index (χ3n) is 2.83. The summed E-state index contributed by atoms with van der Waals surface area (Å²) in [6, 6.07) is 1.52. The molecular formula is C11H15BrFN3O. The number of hydrogen-bond donors (Lipinski definition) is 1. The molecule has 17 heavy (non-hydrogen) atoms. The lowest BCUT2D eigenvalue weighted by atomic mass is 10.2. The van der Waals surface area contributed by atoms with Crippen LogP contribution in [0.15, 0.2) is 16.7 Å². The summed E-state index contributed by atoms with van der Waals surface area (Å²) in [5, 5.41) is 0. The van der Waals surface area contributed by atoms with E-state index in [0.29, 0.717) is 30.0 Å². The van der Waals surface area contributed by atoms with Gasteiger partial charge in [-0.3, -0.25) is 0 Å². The first-order valence-corrected chi connectivity index (χ1v) is 6.30. The van der Waals surface area contributed by atoms with Gasteiger partial charge in [-0.2, -0.15) is 0 Å². The summed E-state index contributed by atoms with van der Waals surface area (Å²) in [5.41, 5.74) is 5.58. The van der Waals surface area contributed by atoms with E-state index in [1.807, 2.05) is 11.8 Å². The Morgan fingerprint density at radius 2 is 2.47 bits per heavy atom. The van der Waals surface area contributed by atoms with Crippen LogP contribution in [-0.4, -0.2) is 36.8 Å². The summed E-state index contributed by atoms with van der Waals surface area (Å²) in [6.07, 6.45) is 1.54. The van der Waals surface area contributed by atoms with E-state index < -0.39 is 0 Å². The van der Waals surface area contributed by atoms with Crippen molar-refractivity contribution in [2.45, 2.75) is 19.1 Å². The Kier molecular flexibility index (Phi) is 3.96. The Labute approximate surface area is 108 Å². The zero-order valence-corrected chi connectivity index (χ0v) is 11.2. The minimum atomic E-state index is -0.330. The summed E-state index contributed by atoms with van der Waals surface area (Å²) in [7, 11) is 0. The Morgan fingerprint density at radius 3 is 3.12 bits per heavy atom. The largest absolute Gasteiger partial charge is 0.373 e. The predicted molar refractivity (Wildman–Crippen MR) is 67.5 cm³/mol. The molecule has 0 bridgehead atoms. The van der Waals surface area contributed by atoms with Gasteiger partial charge in [0.15, 0.2) is 11.6 Å². The van der Waals surface area contributed by atoms with Gasteiger partial charge < -0.3 is 15.4 Å². The van der Waals surface area contributed by atoms with Gasteiger partial charge in [-0.25, -0.2) is 9.37 Å². The van der Waals surface area contributed by atoms with E-state index in [0.717, 1.165) is 0 Å². The lowest BCUT2D eigenvalue weighted by Crippen LogP contribution is -2.51. The number of morpholine rings is 1. The van der Waals surface area contributed by atoms with Crippen LogP contribution in [0.1, 0.15) is 6.92 Å². The normalized spacial score (nSPS) is 25.1. The van der Waals surface area contributed by atoms with Crippen molar-refractivity contribution in [3.8, 4) is 0 Å². The molecule has 0 aliphatic carbocycles. The zero-order chi connectivity index (χ0) is 12.4. The Hall–Kier alpha value is -0.720. The molecule has 1 aromatic heterocycles. The topological polar surface area (TPSA) is 51.4 Å². The molecule has 2 unspecified atom stereocenters. The van der Waals surface area contributed by atoms with E-state index in [9.17, 15) is 4.39 Å². The maximum atomic E-state index is 13.8. The molecule has 4 nitrogen and oxygen atoms in total. The van der Waals surface area contributed by atoms with Gasteiger partial charge in [0.25, 0.3) is 0 Å². The molecule has 1 aromatic rings. The highest BCUT2D eigenvalue weighted by Gasteiger charge is 2.28. The van der Waals surface area contributed by atoms with Gasteiger partial charge in [0.1, 0.15) is 0 Å². The number of nitrogens with zero attached hydrogens (tertiary/aromatic N) is 2. The molecule has 2 N–H and O–H groups in total. The van der Waals surface area contributed by atoms with Crippen LogP contribution in [-0.2, 0) is 4.74 Å². The van der Waals surface area contributed by atoms with Crippen molar-refractivity contribution in [3.05, 3.63) is 22.6 Å². The predicted octanol–water partition coefficient (Wildman–Crippen LogP) is 1.54. The van der Waals surface area contributed by atoms with E-state index >= 15 is 0 Å². The maximum absolute atomic E-state index is 13.8. The minimum Gasteiger partial charge on any atom is -0.373 e. The van der Waals surface area contributed by atoms with Crippen LogP contribution in [0.2, 0.25) is 0 Å². The molecular weight excluding hydrogens is 289 g/mol. The number of nitrogens with two attached hydrogens (primary N) is 1. The van der Waals surface area contributed by atoms with Crippen LogP contribution in [0.4, 0.5) is 10.2 Å². The van der Waals surface area contributed by atoms with E-state index in [1.165, 1.54) is 6.07 Å². The third kappa shape index (κ3) is 2.75. The molecule has 1 aliphatic rings. The van der Waals surface area contributed by atoms with Crippen molar-refractivity contribution in [1.29, 1.82) is 0 Å². The third-order valence-corrected chi connectivity index (χ3v) is 3.26. The average Bonchev–Trinajstić information content (AvgIpc) is 2.30.